The molecule has 184 valence electrons. The van der Waals surface area contributed by atoms with E-state index in [9.17, 15) is 4.79 Å². The summed E-state index contributed by atoms with van der Waals surface area (Å²) in [6.07, 6.45) is -1.73. The summed E-state index contributed by atoms with van der Waals surface area (Å²) in [5.74, 6) is 0. The molecule has 6 atom stereocenters. The second kappa shape index (κ2) is 16.8. The summed E-state index contributed by atoms with van der Waals surface area (Å²) in [5, 5.41) is 0. The maximum absolute atomic E-state index is 10.4. The summed E-state index contributed by atoms with van der Waals surface area (Å²) in [4.78, 5) is 14.0. The van der Waals surface area contributed by atoms with Crippen LogP contribution >= 0.6 is 0 Å². The molecular weight excluding hydrogens is 430 g/mol. The molecule has 0 heterocycles. The summed E-state index contributed by atoms with van der Waals surface area (Å²) in [6, 6.07) is 0.317. The van der Waals surface area contributed by atoms with Gasteiger partial charge in [-0.15, -0.1) is 0 Å². The zero-order chi connectivity index (χ0) is 23.9. The first-order valence-corrected chi connectivity index (χ1v) is 12.2. The number of nitrogens with zero attached hydrogens (tertiary/aromatic N) is 1. The average molecular weight is 470 g/mol. The van der Waals surface area contributed by atoms with Gasteiger partial charge in [-0.1, -0.05) is 0 Å². The molecule has 0 aromatic rings. The van der Waals surface area contributed by atoms with Gasteiger partial charge in [0.15, 0.2) is 37.7 Å². The Kier molecular flexibility index (Phi) is 16.4. The maximum Gasteiger partial charge on any atom is 0.506 e. The first-order chi connectivity index (χ1) is 14.6. The number of ether oxygens (including phenoxy) is 6. The van der Waals surface area contributed by atoms with Gasteiger partial charge < -0.3 is 41.7 Å². The Bertz CT molecular complexity index is 458. The summed E-state index contributed by atoms with van der Waals surface area (Å²) < 4.78 is 50.9. The number of rotatable bonds is 19. The van der Waals surface area contributed by atoms with Crippen molar-refractivity contribution in [3.05, 3.63) is 0 Å². The molecule has 0 N–H and O–H groups in total. The molecule has 11 nitrogen and oxygen atoms in total. The minimum Gasteiger partial charge on any atom is -0.356 e. The van der Waals surface area contributed by atoms with Crippen molar-refractivity contribution in [1.29, 1.82) is 0 Å². The Morgan fingerprint density at radius 1 is 0.677 bits per heavy atom. The van der Waals surface area contributed by atoms with E-state index < -0.39 is 46.5 Å². The Labute approximate surface area is 186 Å². The molecule has 0 saturated heterocycles. The van der Waals surface area contributed by atoms with Crippen LogP contribution in [-0.2, 0) is 46.5 Å². The lowest BCUT2D eigenvalue weighted by atomic mass is 10.5. The Hall–Kier alpha value is -0.763. The van der Waals surface area contributed by atoms with Gasteiger partial charge in [0.2, 0.25) is 6.08 Å². The monoisotopic (exact) mass is 469 g/mol. The van der Waals surface area contributed by atoms with Crippen molar-refractivity contribution in [2.24, 2.45) is 4.99 Å². The molecule has 6 unspecified atom stereocenters. The molecule has 0 spiro atoms. The highest BCUT2D eigenvalue weighted by molar-refractivity contribution is 6.60. The predicted octanol–water partition coefficient (Wildman–Crippen LogP) is 2.77. The number of isocyanates is 1. The van der Waals surface area contributed by atoms with E-state index in [2.05, 4.69) is 4.99 Å². The second-order valence-corrected chi connectivity index (χ2v) is 9.21. The van der Waals surface area contributed by atoms with Gasteiger partial charge in [-0.2, -0.15) is 0 Å². The lowest BCUT2D eigenvalue weighted by Gasteiger charge is -2.37. The molecule has 0 aliphatic rings. The minimum atomic E-state index is -3.51. The van der Waals surface area contributed by atoms with Crippen molar-refractivity contribution >= 4 is 14.9 Å². The molecule has 0 bridgehead atoms. The SMILES string of the molecule is COC(C)OC(C)O[Si](CCCN=C=O)(OC(C)OC(C)OC)OC(C)OC(C)OC. The number of hydrogen-bond donors (Lipinski definition) is 0. The van der Waals surface area contributed by atoms with Crippen molar-refractivity contribution < 1.29 is 46.5 Å². The largest absolute Gasteiger partial charge is 0.506 e. The van der Waals surface area contributed by atoms with Crippen LogP contribution in [0.4, 0.5) is 0 Å². The zero-order valence-corrected chi connectivity index (χ0v) is 21.1. The number of methoxy groups -OCH3 is 3. The summed E-state index contributed by atoms with van der Waals surface area (Å²) >= 11 is 0. The topological polar surface area (TPSA) is 113 Å². The molecule has 0 aromatic heterocycles. The standard InChI is InChI=1S/C19H39NO10Si/c1-14(22-7)25-17(4)28-31(12-10-11-20-13-21,29-18(5)26-15(2)23-8)30-19(6)27-16(3)24-9/h14-19H,10-12H2,1-9H3. The van der Waals surface area contributed by atoms with Crippen molar-refractivity contribution in [1.82, 2.24) is 0 Å². The van der Waals surface area contributed by atoms with Gasteiger partial charge in [-0.25, -0.2) is 9.79 Å². The molecule has 0 aliphatic carbocycles. The van der Waals surface area contributed by atoms with Gasteiger partial charge in [-0.05, 0) is 48.0 Å². The van der Waals surface area contributed by atoms with Gasteiger partial charge in [0, 0.05) is 27.4 Å². The van der Waals surface area contributed by atoms with E-state index in [1.54, 1.807) is 41.5 Å². The van der Waals surface area contributed by atoms with Crippen LogP contribution in [0.3, 0.4) is 0 Å². The molecule has 0 radical (unpaired) electrons. The fourth-order valence-electron chi connectivity index (χ4n) is 2.50. The minimum absolute atomic E-state index is 0.242. The molecule has 0 fully saturated rings. The van der Waals surface area contributed by atoms with E-state index in [0.29, 0.717) is 12.5 Å². The van der Waals surface area contributed by atoms with Crippen LogP contribution in [0.2, 0.25) is 6.04 Å². The lowest BCUT2D eigenvalue weighted by Crippen LogP contribution is -2.53. The highest BCUT2D eigenvalue weighted by Crippen LogP contribution is 2.26. The van der Waals surface area contributed by atoms with E-state index in [1.165, 1.54) is 27.4 Å². The number of aliphatic imine (C=N–C) groups is 1. The van der Waals surface area contributed by atoms with Crippen molar-refractivity contribution in [3.8, 4) is 0 Å². The van der Waals surface area contributed by atoms with Crippen molar-refractivity contribution in [2.45, 2.75) is 91.7 Å². The van der Waals surface area contributed by atoms with E-state index >= 15 is 0 Å². The van der Waals surface area contributed by atoms with E-state index in [-0.39, 0.29) is 6.54 Å². The fourth-order valence-corrected chi connectivity index (χ4v) is 5.29. The van der Waals surface area contributed by atoms with Crippen LogP contribution in [0.5, 0.6) is 0 Å². The second-order valence-electron chi connectivity index (χ2n) is 6.63. The normalized spacial score (nSPS) is 19.5. The molecule has 0 saturated carbocycles. The van der Waals surface area contributed by atoms with Crippen LogP contribution in [0.25, 0.3) is 0 Å². The van der Waals surface area contributed by atoms with Gasteiger partial charge in [0.05, 0.1) is 6.54 Å². The van der Waals surface area contributed by atoms with Gasteiger partial charge >= 0.3 is 8.80 Å². The smallest absolute Gasteiger partial charge is 0.356 e. The van der Waals surface area contributed by atoms with Crippen LogP contribution in [0.15, 0.2) is 4.99 Å². The van der Waals surface area contributed by atoms with Crippen LogP contribution in [0, 0.1) is 0 Å². The Balaban J connectivity index is 5.65. The van der Waals surface area contributed by atoms with Crippen LogP contribution < -0.4 is 0 Å². The zero-order valence-electron chi connectivity index (χ0n) is 20.1. The molecule has 12 heteroatoms. The molecular formula is C19H39NO10Si. The molecule has 0 aromatic carbocycles. The highest BCUT2D eigenvalue weighted by Gasteiger charge is 2.47. The molecule has 0 aliphatic heterocycles. The fraction of sp³-hybridized carbons (Fsp3) is 0.947. The van der Waals surface area contributed by atoms with Gasteiger partial charge in [0.25, 0.3) is 0 Å². The molecule has 0 amide bonds. The molecule has 31 heavy (non-hydrogen) atoms. The highest BCUT2D eigenvalue weighted by atomic mass is 28.4. The quantitative estimate of drug-likeness (QED) is 0.0920. The van der Waals surface area contributed by atoms with E-state index in [0.717, 1.165) is 0 Å². The van der Waals surface area contributed by atoms with Crippen molar-refractivity contribution in [2.75, 3.05) is 27.9 Å². The number of hydrogen-bond acceptors (Lipinski definition) is 11. The van der Waals surface area contributed by atoms with E-state index in [4.69, 9.17) is 41.7 Å². The van der Waals surface area contributed by atoms with Gasteiger partial charge in [0.1, 0.15) is 0 Å². The van der Waals surface area contributed by atoms with Crippen LogP contribution in [0.1, 0.15) is 48.0 Å². The summed E-state index contributed by atoms with van der Waals surface area (Å²) in [7, 11) is 1.07. The first kappa shape index (κ1) is 30.2. The van der Waals surface area contributed by atoms with Crippen LogP contribution in [-0.4, -0.2) is 80.5 Å². The maximum atomic E-state index is 10.4. The number of carbonyl (C=O) groups excluding carboxylic acids is 1. The third-order valence-electron chi connectivity index (χ3n) is 4.00. The van der Waals surface area contributed by atoms with Gasteiger partial charge in [-0.3, -0.25) is 0 Å². The Morgan fingerprint density at radius 2 is 1.03 bits per heavy atom. The summed E-state index contributed by atoms with van der Waals surface area (Å²) in [5.41, 5.74) is 0. The summed E-state index contributed by atoms with van der Waals surface area (Å²) in [6.45, 7) is 10.6. The predicted molar refractivity (Wildman–Crippen MR) is 112 cm³/mol. The first-order valence-electron chi connectivity index (χ1n) is 10.2. The lowest BCUT2D eigenvalue weighted by molar-refractivity contribution is -0.251. The third-order valence-corrected chi connectivity index (χ3v) is 7.04. The molecule has 0 rings (SSSR count). The third kappa shape index (κ3) is 14.1. The van der Waals surface area contributed by atoms with E-state index in [1.807, 2.05) is 0 Å². The van der Waals surface area contributed by atoms with Crippen molar-refractivity contribution in [3.63, 3.8) is 0 Å². The Morgan fingerprint density at radius 3 is 1.32 bits per heavy atom. The average Bonchev–Trinajstić information content (AvgIpc) is 2.70.